The van der Waals surface area contributed by atoms with Gasteiger partial charge >= 0.3 is 5.97 Å². The van der Waals surface area contributed by atoms with Crippen molar-refractivity contribution in [1.82, 2.24) is 5.32 Å². The highest BCUT2D eigenvalue weighted by Gasteiger charge is 2.02. The molecule has 1 aromatic carbocycles. The Labute approximate surface area is 112 Å². The molecule has 4 nitrogen and oxygen atoms in total. The maximum atomic E-state index is 10.7. The number of hydrogen-bond donors (Lipinski definition) is 2. The number of allylic oxidation sites excluding steroid dienone is 2. The number of aromatic carboxylic acids is 1. The van der Waals surface area contributed by atoms with Crippen molar-refractivity contribution in [3.63, 3.8) is 0 Å². The van der Waals surface area contributed by atoms with Gasteiger partial charge in [-0.15, -0.1) is 0 Å². The zero-order chi connectivity index (χ0) is 14.3. The van der Waals surface area contributed by atoms with E-state index in [1.54, 1.807) is 36.4 Å². The third kappa shape index (κ3) is 3.96. The standard InChI is InChI=1S/C15H16N2O2/c1-4-13(16-3)14(5-2)17-10-11-6-8-12(9-7-11)15(18)19/h4-9,17H,1-3,10H2,(H,18,19)/b14-13-. The molecular weight excluding hydrogens is 240 g/mol. The Morgan fingerprint density at radius 2 is 1.89 bits per heavy atom. The summed E-state index contributed by atoms with van der Waals surface area (Å²) in [6.07, 6.45) is 3.22. The van der Waals surface area contributed by atoms with Crippen molar-refractivity contribution in [2.75, 3.05) is 0 Å². The zero-order valence-electron chi connectivity index (χ0n) is 10.6. The van der Waals surface area contributed by atoms with Crippen LogP contribution in [0.5, 0.6) is 0 Å². The fourth-order valence-electron chi connectivity index (χ4n) is 1.49. The van der Waals surface area contributed by atoms with Crippen LogP contribution in [0, 0.1) is 0 Å². The summed E-state index contributed by atoms with van der Waals surface area (Å²) in [5.41, 5.74) is 2.57. The van der Waals surface area contributed by atoms with Crippen molar-refractivity contribution in [3.8, 4) is 0 Å². The summed E-state index contributed by atoms with van der Waals surface area (Å²) in [5.74, 6) is -0.934. The average Bonchev–Trinajstić information content (AvgIpc) is 2.43. The second-order valence-electron chi connectivity index (χ2n) is 3.72. The maximum absolute atomic E-state index is 10.7. The Hall–Kier alpha value is -2.62. The summed E-state index contributed by atoms with van der Waals surface area (Å²) in [6.45, 7) is 11.3. The molecule has 0 aliphatic rings. The van der Waals surface area contributed by atoms with Gasteiger partial charge in [0.1, 0.15) is 0 Å². The molecule has 0 spiro atoms. The van der Waals surface area contributed by atoms with E-state index in [2.05, 4.69) is 30.2 Å². The highest BCUT2D eigenvalue weighted by atomic mass is 16.4. The van der Waals surface area contributed by atoms with E-state index < -0.39 is 5.97 Å². The molecule has 1 rings (SSSR count). The molecule has 0 radical (unpaired) electrons. The van der Waals surface area contributed by atoms with Gasteiger partial charge < -0.3 is 10.4 Å². The van der Waals surface area contributed by atoms with E-state index in [0.29, 0.717) is 12.2 Å². The number of carbonyl (C=O) groups is 1. The minimum absolute atomic E-state index is 0.266. The number of rotatable bonds is 7. The van der Waals surface area contributed by atoms with E-state index >= 15 is 0 Å². The van der Waals surface area contributed by atoms with Crippen LogP contribution in [0.4, 0.5) is 0 Å². The number of carboxylic acids is 1. The fourth-order valence-corrected chi connectivity index (χ4v) is 1.49. The first-order valence-electron chi connectivity index (χ1n) is 5.64. The minimum atomic E-state index is -0.934. The monoisotopic (exact) mass is 256 g/mol. The van der Waals surface area contributed by atoms with E-state index in [9.17, 15) is 4.79 Å². The summed E-state index contributed by atoms with van der Waals surface area (Å²) in [6, 6.07) is 6.64. The third-order valence-electron chi connectivity index (χ3n) is 2.53. The molecule has 0 unspecified atom stereocenters. The minimum Gasteiger partial charge on any atom is -0.478 e. The Kier molecular flexibility index (Phi) is 5.29. The van der Waals surface area contributed by atoms with Crippen molar-refractivity contribution in [2.45, 2.75) is 6.54 Å². The second-order valence-corrected chi connectivity index (χ2v) is 3.72. The van der Waals surface area contributed by atoms with E-state index in [1.807, 2.05) is 0 Å². The first-order chi connectivity index (χ1) is 9.12. The molecule has 0 saturated carbocycles. The molecule has 0 aromatic heterocycles. The molecular formula is C15H16N2O2. The molecule has 1 aromatic rings. The molecule has 0 amide bonds. The number of carboxylic acid groups (broad SMARTS) is 1. The number of benzene rings is 1. The van der Waals surface area contributed by atoms with Crippen LogP contribution in [-0.2, 0) is 6.54 Å². The number of nitrogens with one attached hydrogen (secondary N) is 1. The molecule has 0 saturated heterocycles. The van der Waals surface area contributed by atoms with E-state index in [-0.39, 0.29) is 5.56 Å². The van der Waals surface area contributed by atoms with Crippen LogP contribution >= 0.6 is 0 Å². The van der Waals surface area contributed by atoms with Crippen molar-refractivity contribution in [2.24, 2.45) is 4.99 Å². The van der Waals surface area contributed by atoms with Gasteiger partial charge in [-0.1, -0.05) is 25.3 Å². The first-order valence-corrected chi connectivity index (χ1v) is 5.64. The van der Waals surface area contributed by atoms with Gasteiger partial charge in [0, 0.05) is 6.54 Å². The quantitative estimate of drug-likeness (QED) is 0.582. The number of aliphatic imine (C=N–C) groups is 1. The summed E-state index contributed by atoms with van der Waals surface area (Å²) in [7, 11) is 0. The van der Waals surface area contributed by atoms with Crippen LogP contribution < -0.4 is 5.32 Å². The summed E-state index contributed by atoms with van der Waals surface area (Å²) in [5, 5.41) is 11.9. The van der Waals surface area contributed by atoms with Crippen molar-refractivity contribution >= 4 is 12.7 Å². The molecule has 0 fully saturated rings. The van der Waals surface area contributed by atoms with E-state index in [1.165, 1.54) is 0 Å². The lowest BCUT2D eigenvalue weighted by atomic mass is 10.1. The molecule has 98 valence electrons. The van der Waals surface area contributed by atoms with Gasteiger partial charge in [0.2, 0.25) is 0 Å². The number of hydrogen-bond acceptors (Lipinski definition) is 3. The Balaban J connectivity index is 2.78. The third-order valence-corrected chi connectivity index (χ3v) is 2.53. The SMILES string of the molecule is C=C/C(N=C)=C(\C=C)NCc1ccc(C(=O)O)cc1. The molecule has 4 heteroatoms. The van der Waals surface area contributed by atoms with Gasteiger partial charge in [0.15, 0.2) is 0 Å². The van der Waals surface area contributed by atoms with Gasteiger partial charge in [-0.3, -0.25) is 4.99 Å². The summed E-state index contributed by atoms with van der Waals surface area (Å²) >= 11 is 0. The van der Waals surface area contributed by atoms with E-state index in [4.69, 9.17) is 5.11 Å². The Morgan fingerprint density at radius 1 is 1.26 bits per heavy atom. The largest absolute Gasteiger partial charge is 0.478 e. The van der Waals surface area contributed by atoms with Gasteiger partial charge in [0.05, 0.1) is 17.0 Å². The van der Waals surface area contributed by atoms with E-state index in [0.717, 1.165) is 11.3 Å². The molecule has 0 aliphatic heterocycles. The highest BCUT2D eigenvalue weighted by molar-refractivity contribution is 5.87. The van der Waals surface area contributed by atoms with Crippen LogP contribution in [0.1, 0.15) is 15.9 Å². The lowest BCUT2D eigenvalue weighted by molar-refractivity contribution is 0.0697. The van der Waals surface area contributed by atoms with Gasteiger partial charge in [-0.05, 0) is 36.6 Å². The average molecular weight is 256 g/mol. The second kappa shape index (κ2) is 6.96. The van der Waals surface area contributed by atoms with Crippen molar-refractivity contribution < 1.29 is 9.90 Å². The van der Waals surface area contributed by atoms with Crippen LogP contribution in [0.2, 0.25) is 0 Å². The Morgan fingerprint density at radius 3 is 2.32 bits per heavy atom. The molecule has 2 N–H and O–H groups in total. The van der Waals surface area contributed by atoms with Crippen LogP contribution in [0.15, 0.2) is 66.0 Å². The number of nitrogens with zero attached hydrogens (tertiary/aromatic N) is 1. The topological polar surface area (TPSA) is 61.7 Å². The van der Waals surface area contributed by atoms with Crippen LogP contribution in [0.3, 0.4) is 0 Å². The molecule has 0 aliphatic carbocycles. The van der Waals surface area contributed by atoms with Crippen LogP contribution in [-0.4, -0.2) is 17.8 Å². The van der Waals surface area contributed by atoms with Crippen molar-refractivity contribution in [1.29, 1.82) is 0 Å². The maximum Gasteiger partial charge on any atom is 0.335 e. The van der Waals surface area contributed by atoms with Gasteiger partial charge in [-0.2, -0.15) is 0 Å². The van der Waals surface area contributed by atoms with Gasteiger partial charge in [0.25, 0.3) is 0 Å². The molecule has 0 bridgehead atoms. The molecule has 19 heavy (non-hydrogen) atoms. The summed E-state index contributed by atoms with van der Waals surface area (Å²) in [4.78, 5) is 14.6. The van der Waals surface area contributed by atoms with Crippen LogP contribution in [0.25, 0.3) is 0 Å². The molecule has 0 atom stereocenters. The normalized spacial score (nSPS) is 11.2. The predicted molar refractivity (Wildman–Crippen MR) is 77.2 cm³/mol. The van der Waals surface area contributed by atoms with Crippen molar-refractivity contribution in [3.05, 3.63) is 72.1 Å². The lowest BCUT2D eigenvalue weighted by Crippen LogP contribution is -2.12. The summed E-state index contributed by atoms with van der Waals surface area (Å²) < 4.78 is 0. The van der Waals surface area contributed by atoms with Gasteiger partial charge in [-0.25, -0.2) is 4.79 Å². The smallest absolute Gasteiger partial charge is 0.335 e. The zero-order valence-corrected chi connectivity index (χ0v) is 10.6. The lowest BCUT2D eigenvalue weighted by Gasteiger charge is -2.09. The first kappa shape index (κ1) is 14.4. The Bertz CT molecular complexity index is 518. The predicted octanol–water partition coefficient (Wildman–Crippen LogP) is 2.76. The highest BCUT2D eigenvalue weighted by Crippen LogP contribution is 2.08. The fraction of sp³-hybridized carbons (Fsp3) is 0.0667. The molecule has 0 heterocycles.